The number of quaternary nitrogens is 1. The second-order valence-electron chi connectivity index (χ2n) is 10.8. The van der Waals surface area contributed by atoms with Crippen LogP contribution in [0.4, 0.5) is 5.82 Å². The molecule has 1 saturated carbocycles. The fourth-order valence-corrected chi connectivity index (χ4v) is 6.50. The van der Waals surface area contributed by atoms with Crippen LogP contribution in [0.3, 0.4) is 0 Å². The van der Waals surface area contributed by atoms with Crippen molar-refractivity contribution in [1.82, 2.24) is 5.16 Å². The number of carbonyl (C=O) groups is 2. The Bertz CT molecular complexity index is 1480. The summed E-state index contributed by atoms with van der Waals surface area (Å²) in [6.07, 6.45) is 2.40. The van der Waals surface area contributed by atoms with Gasteiger partial charge in [0.2, 0.25) is 0 Å². The van der Waals surface area contributed by atoms with Crippen LogP contribution < -0.4 is 10.5 Å². The molecule has 1 heterocycles. The molecule has 4 rings (SSSR count). The second-order valence-corrected chi connectivity index (χ2v) is 12.4. The van der Waals surface area contributed by atoms with E-state index in [9.17, 15) is 18.0 Å². The molecule has 208 valence electrons. The lowest BCUT2D eigenvalue weighted by Crippen LogP contribution is -2.63. The maximum Gasteiger partial charge on any atom is 0.317 e. The number of likely N-dealkylation sites (N-methyl/N-ethyl adjacent to an activating group) is 1. The number of sulfonamides is 1. The molecule has 0 radical (unpaired) electrons. The zero-order chi connectivity index (χ0) is 28.5. The van der Waals surface area contributed by atoms with Crippen LogP contribution in [-0.4, -0.2) is 43.0 Å². The topological polar surface area (TPSA) is 132 Å². The summed E-state index contributed by atoms with van der Waals surface area (Å²) >= 11 is 0. The number of anilines is 1. The molecule has 0 aliphatic heterocycles. The lowest BCUT2D eigenvalue weighted by Gasteiger charge is -2.40. The van der Waals surface area contributed by atoms with E-state index in [0.717, 1.165) is 24.8 Å². The number of carbonyl (C=O) groups excluding carboxylic acids is 2. The zero-order valence-corrected chi connectivity index (χ0v) is 23.9. The van der Waals surface area contributed by atoms with Crippen LogP contribution >= 0.6 is 0 Å². The van der Waals surface area contributed by atoms with Gasteiger partial charge in [-0.2, -0.15) is 0 Å². The molecule has 1 aromatic heterocycles. The third-order valence-electron chi connectivity index (χ3n) is 7.86. The minimum absolute atomic E-state index is 0.0399. The maximum absolute atomic E-state index is 13.5. The standard InChI is InChI=1S/C29H36N4O5S/c1-6-18(2)26(27(30)34)33(5,29(35)23-15-16-23)17-21-11-13-22(14-12-21)24-9-7-8-10-25(24)39(36,37)32-28-19(3)20(4)38-31-28/h7-14,18,23,26H,6,15-17H2,1-5H3,(H2-,30,31,32,34)/p+1/t18-,26-,33?/m0/s1. The van der Waals surface area contributed by atoms with Gasteiger partial charge >= 0.3 is 5.91 Å². The fraction of sp³-hybridized carbons (Fsp3) is 0.414. The van der Waals surface area contributed by atoms with Crippen molar-refractivity contribution < 1.29 is 27.0 Å². The number of hydrogen-bond donors (Lipinski definition) is 2. The van der Waals surface area contributed by atoms with Gasteiger partial charge in [0.1, 0.15) is 12.3 Å². The minimum atomic E-state index is -3.96. The summed E-state index contributed by atoms with van der Waals surface area (Å²) in [4.78, 5) is 26.2. The average Bonchev–Trinajstić information content (AvgIpc) is 3.71. The molecular formula is C29H37N4O5S+. The second kappa shape index (κ2) is 10.9. The van der Waals surface area contributed by atoms with E-state index in [1.54, 1.807) is 38.1 Å². The van der Waals surface area contributed by atoms with E-state index in [-0.39, 0.29) is 32.9 Å². The van der Waals surface area contributed by atoms with E-state index in [0.29, 0.717) is 29.0 Å². The van der Waals surface area contributed by atoms with Gasteiger partial charge in [0.05, 0.1) is 17.9 Å². The molecular weight excluding hydrogens is 516 g/mol. The summed E-state index contributed by atoms with van der Waals surface area (Å²) < 4.78 is 34.2. The van der Waals surface area contributed by atoms with Gasteiger partial charge in [-0.15, -0.1) is 0 Å². The highest BCUT2D eigenvalue weighted by atomic mass is 32.2. The largest absolute Gasteiger partial charge is 0.364 e. The molecule has 1 aliphatic carbocycles. The SMILES string of the molecule is CC[C@H](C)[C@@H](C(N)=O)[N+](C)(Cc1ccc(-c2ccccc2S(=O)(=O)Nc2noc(C)c2C)cc1)C(=O)C1CC1. The smallest absolute Gasteiger partial charge is 0.317 e. The van der Waals surface area contributed by atoms with Crippen LogP contribution in [0.1, 0.15) is 50.0 Å². The molecule has 0 bridgehead atoms. The van der Waals surface area contributed by atoms with Crippen molar-refractivity contribution in [2.75, 3.05) is 11.8 Å². The van der Waals surface area contributed by atoms with Gasteiger partial charge in [0, 0.05) is 22.6 Å². The Balaban J connectivity index is 1.65. The first kappa shape index (κ1) is 28.5. The highest BCUT2D eigenvalue weighted by Gasteiger charge is 2.51. The van der Waals surface area contributed by atoms with Gasteiger partial charge < -0.3 is 10.3 Å². The summed E-state index contributed by atoms with van der Waals surface area (Å²) in [5.74, 6) is 0.165. The monoisotopic (exact) mass is 553 g/mol. The summed E-state index contributed by atoms with van der Waals surface area (Å²) in [7, 11) is -2.14. The molecule has 3 N–H and O–H groups in total. The van der Waals surface area contributed by atoms with Gasteiger partial charge in [0.25, 0.3) is 15.9 Å². The van der Waals surface area contributed by atoms with Crippen molar-refractivity contribution in [1.29, 1.82) is 0 Å². The average molecular weight is 554 g/mol. The lowest BCUT2D eigenvalue weighted by molar-refractivity contribution is -0.869. The molecule has 3 atom stereocenters. The van der Waals surface area contributed by atoms with Gasteiger partial charge in [0.15, 0.2) is 11.9 Å². The van der Waals surface area contributed by atoms with Crippen LogP contribution in [0.5, 0.6) is 0 Å². The summed E-state index contributed by atoms with van der Waals surface area (Å²) in [5, 5.41) is 3.82. The minimum Gasteiger partial charge on any atom is -0.364 e. The van der Waals surface area contributed by atoms with Crippen LogP contribution in [-0.2, 0) is 26.2 Å². The number of primary amides is 1. The number of hydrogen-bond acceptors (Lipinski definition) is 6. The first-order chi connectivity index (χ1) is 18.4. The summed E-state index contributed by atoms with van der Waals surface area (Å²) in [6.45, 7) is 7.72. The molecule has 1 aliphatic rings. The number of rotatable bonds is 11. The molecule has 1 unspecified atom stereocenters. The Morgan fingerprint density at radius 2 is 1.77 bits per heavy atom. The molecule has 9 nitrogen and oxygen atoms in total. The molecule has 3 aromatic rings. The van der Waals surface area contributed by atoms with E-state index in [1.807, 2.05) is 45.2 Å². The quantitative estimate of drug-likeness (QED) is 0.335. The van der Waals surface area contributed by atoms with Gasteiger partial charge in [-0.3, -0.25) is 9.52 Å². The third kappa shape index (κ3) is 5.77. The predicted octanol–water partition coefficient (Wildman–Crippen LogP) is 4.54. The Labute approximate surface area is 230 Å². The Morgan fingerprint density at radius 3 is 2.31 bits per heavy atom. The lowest BCUT2D eigenvalue weighted by atomic mass is 9.93. The molecule has 2 amide bonds. The van der Waals surface area contributed by atoms with E-state index < -0.39 is 22.0 Å². The maximum atomic E-state index is 13.5. The molecule has 0 spiro atoms. The van der Waals surface area contributed by atoms with E-state index in [1.165, 1.54) is 0 Å². The Morgan fingerprint density at radius 1 is 1.13 bits per heavy atom. The van der Waals surface area contributed by atoms with Crippen LogP contribution in [0.15, 0.2) is 57.9 Å². The third-order valence-corrected chi connectivity index (χ3v) is 9.26. The zero-order valence-electron chi connectivity index (χ0n) is 23.1. The van der Waals surface area contributed by atoms with Crippen molar-refractivity contribution in [3.8, 4) is 11.1 Å². The Hall–Kier alpha value is -3.50. The van der Waals surface area contributed by atoms with Gasteiger partial charge in [-0.25, -0.2) is 17.7 Å². The first-order valence-electron chi connectivity index (χ1n) is 13.2. The first-order valence-corrected chi connectivity index (χ1v) is 14.7. The van der Waals surface area contributed by atoms with Crippen LogP contribution in [0.25, 0.3) is 11.1 Å². The van der Waals surface area contributed by atoms with Crippen LogP contribution in [0, 0.1) is 25.7 Å². The van der Waals surface area contributed by atoms with E-state index in [2.05, 4.69) is 9.88 Å². The molecule has 1 fully saturated rings. The number of aryl methyl sites for hydroxylation is 1. The predicted molar refractivity (Wildman–Crippen MR) is 149 cm³/mol. The Kier molecular flexibility index (Phi) is 7.99. The van der Waals surface area contributed by atoms with Crippen molar-refractivity contribution >= 4 is 27.7 Å². The summed E-state index contributed by atoms with van der Waals surface area (Å²) in [6, 6.07) is 13.5. The van der Waals surface area contributed by atoms with Crippen molar-refractivity contribution in [3.63, 3.8) is 0 Å². The molecule has 0 saturated heterocycles. The van der Waals surface area contributed by atoms with E-state index >= 15 is 0 Å². The molecule has 39 heavy (non-hydrogen) atoms. The van der Waals surface area contributed by atoms with Crippen LogP contribution in [0.2, 0.25) is 0 Å². The molecule has 10 heteroatoms. The number of nitrogens with two attached hydrogens (primary N) is 1. The number of benzene rings is 2. The van der Waals surface area contributed by atoms with Crippen molar-refractivity contribution in [2.45, 2.75) is 64.4 Å². The summed E-state index contributed by atoms with van der Waals surface area (Å²) in [5.41, 5.74) is 8.55. The van der Waals surface area contributed by atoms with E-state index in [4.69, 9.17) is 10.3 Å². The normalized spacial score (nSPS) is 16.7. The van der Waals surface area contributed by atoms with Gasteiger partial charge in [-0.05, 0) is 44.7 Å². The number of nitrogens with one attached hydrogen (secondary N) is 1. The molecule has 2 aromatic carbocycles. The van der Waals surface area contributed by atoms with Crippen molar-refractivity contribution in [2.24, 2.45) is 17.6 Å². The number of aromatic nitrogens is 1. The highest BCUT2D eigenvalue weighted by Crippen LogP contribution is 2.37. The highest BCUT2D eigenvalue weighted by molar-refractivity contribution is 7.92. The number of nitrogens with zero attached hydrogens (tertiary/aromatic N) is 2. The van der Waals surface area contributed by atoms with Gasteiger partial charge in [-0.1, -0.05) is 61.5 Å². The fourth-order valence-electron chi connectivity index (χ4n) is 5.21. The number of amides is 2. The van der Waals surface area contributed by atoms with Crippen molar-refractivity contribution in [3.05, 3.63) is 65.4 Å².